The van der Waals surface area contributed by atoms with Crippen LogP contribution >= 0.6 is 0 Å². The van der Waals surface area contributed by atoms with Gasteiger partial charge in [-0.3, -0.25) is 0 Å². The van der Waals surface area contributed by atoms with Crippen molar-refractivity contribution in [2.45, 2.75) is 46.0 Å². The van der Waals surface area contributed by atoms with E-state index in [2.05, 4.69) is 38.6 Å². The van der Waals surface area contributed by atoms with Crippen molar-refractivity contribution in [3.05, 3.63) is 83.0 Å². The highest BCUT2D eigenvalue weighted by Gasteiger charge is 2.26. The quantitative estimate of drug-likeness (QED) is 0.621. The molecule has 27 heavy (non-hydrogen) atoms. The van der Waals surface area contributed by atoms with Crippen LogP contribution in [0.25, 0.3) is 0 Å². The number of aryl methyl sites for hydroxylation is 2. The zero-order valence-electron chi connectivity index (χ0n) is 16.4. The maximum atomic E-state index is 10.6. The Morgan fingerprint density at radius 3 is 2.30 bits per heavy atom. The van der Waals surface area contributed by atoms with Crippen LogP contribution in [0.3, 0.4) is 0 Å². The van der Waals surface area contributed by atoms with Crippen LogP contribution in [0.1, 0.15) is 43.4 Å². The molecule has 2 N–H and O–H groups in total. The number of rotatable bonds is 6. The smallest absolute Gasteiger partial charge is 0.122 e. The number of phenols is 2. The molecular formula is C25H30O2. The SMILES string of the molecule is C=C(C)C1CCC(C)=CC1Cc1c(O)cc(CCc2ccccc2)cc1O. The van der Waals surface area contributed by atoms with Gasteiger partial charge in [0.2, 0.25) is 0 Å². The summed E-state index contributed by atoms with van der Waals surface area (Å²) in [6.07, 6.45) is 6.82. The monoisotopic (exact) mass is 362 g/mol. The largest absolute Gasteiger partial charge is 0.508 e. The number of aromatic hydroxyl groups is 2. The standard InChI is InChI=1S/C25H30O2/c1-17(2)22-12-9-18(3)13-21(22)16-23-24(26)14-20(15-25(23)27)11-10-19-7-5-4-6-8-19/h4-8,13-15,21-22,26-27H,1,9-12,16H2,2-3H3. The Labute approximate surface area is 162 Å². The second-order valence-corrected chi connectivity index (χ2v) is 7.97. The molecule has 0 amide bonds. The van der Waals surface area contributed by atoms with E-state index in [4.69, 9.17) is 0 Å². The van der Waals surface area contributed by atoms with E-state index in [1.807, 2.05) is 30.3 Å². The van der Waals surface area contributed by atoms with E-state index in [9.17, 15) is 10.2 Å². The van der Waals surface area contributed by atoms with Crippen LogP contribution in [0.2, 0.25) is 0 Å². The molecule has 2 unspecified atom stereocenters. The van der Waals surface area contributed by atoms with Crippen molar-refractivity contribution in [3.8, 4) is 11.5 Å². The van der Waals surface area contributed by atoms with Gasteiger partial charge in [-0.05, 0) is 81.0 Å². The van der Waals surface area contributed by atoms with Gasteiger partial charge < -0.3 is 10.2 Å². The molecule has 3 rings (SSSR count). The van der Waals surface area contributed by atoms with E-state index in [1.165, 1.54) is 16.7 Å². The number of benzene rings is 2. The first kappa shape index (κ1) is 19.3. The van der Waals surface area contributed by atoms with Gasteiger partial charge in [0.25, 0.3) is 0 Å². The summed E-state index contributed by atoms with van der Waals surface area (Å²) in [5.74, 6) is 1.10. The van der Waals surface area contributed by atoms with E-state index < -0.39 is 0 Å². The van der Waals surface area contributed by atoms with E-state index >= 15 is 0 Å². The molecule has 0 saturated carbocycles. The van der Waals surface area contributed by atoms with Crippen molar-refractivity contribution in [2.24, 2.45) is 11.8 Å². The van der Waals surface area contributed by atoms with Crippen LogP contribution in [-0.2, 0) is 19.3 Å². The van der Waals surface area contributed by atoms with Crippen molar-refractivity contribution in [3.63, 3.8) is 0 Å². The Bertz CT molecular complexity index is 810. The molecule has 0 spiro atoms. The lowest BCUT2D eigenvalue weighted by molar-refractivity contribution is 0.379. The zero-order chi connectivity index (χ0) is 19.4. The van der Waals surface area contributed by atoms with E-state index in [0.717, 1.165) is 31.2 Å². The van der Waals surface area contributed by atoms with Gasteiger partial charge in [-0.2, -0.15) is 0 Å². The summed E-state index contributed by atoms with van der Waals surface area (Å²) in [6, 6.07) is 13.9. The molecule has 1 aliphatic carbocycles. The average Bonchev–Trinajstić information content (AvgIpc) is 2.63. The molecule has 2 aromatic rings. The van der Waals surface area contributed by atoms with Gasteiger partial charge in [-0.25, -0.2) is 0 Å². The molecule has 2 heteroatoms. The lowest BCUT2D eigenvalue weighted by atomic mass is 9.75. The van der Waals surface area contributed by atoms with Crippen LogP contribution in [0.15, 0.2) is 66.3 Å². The first-order chi connectivity index (χ1) is 12.9. The number of hydrogen-bond donors (Lipinski definition) is 2. The zero-order valence-corrected chi connectivity index (χ0v) is 16.4. The van der Waals surface area contributed by atoms with Crippen LogP contribution in [0, 0.1) is 11.8 Å². The molecule has 0 aromatic heterocycles. The van der Waals surface area contributed by atoms with Crippen molar-refractivity contribution in [2.75, 3.05) is 0 Å². The summed E-state index contributed by atoms with van der Waals surface area (Å²) >= 11 is 0. The first-order valence-corrected chi connectivity index (χ1v) is 9.84. The summed E-state index contributed by atoms with van der Waals surface area (Å²) in [5, 5.41) is 21.2. The number of hydrogen-bond acceptors (Lipinski definition) is 2. The summed E-state index contributed by atoms with van der Waals surface area (Å²) in [7, 11) is 0. The molecule has 0 heterocycles. The Morgan fingerprint density at radius 1 is 1.04 bits per heavy atom. The van der Waals surface area contributed by atoms with Crippen molar-refractivity contribution < 1.29 is 10.2 Å². The summed E-state index contributed by atoms with van der Waals surface area (Å²) < 4.78 is 0. The van der Waals surface area contributed by atoms with Crippen LogP contribution in [-0.4, -0.2) is 10.2 Å². The highest BCUT2D eigenvalue weighted by atomic mass is 16.3. The lowest BCUT2D eigenvalue weighted by Gasteiger charge is -2.30. The van der Waals surface area contributed by atoms with Gasteiger partial charge in [0, 0.05) is 5.56 Å². The number of phenolic OH excluding ortho intramolecular Hbond substituents is 2. The van der Waals surface area contributed by atoms with Gasteiger partial charge in [0.1, 0.15) is 11.5 Å². The Kier molecular flexibility index (Phi) is 6.05. The fourth-order valence-electron chi connectivity index (χ4n) is 4.20. The molecule has 2 atom stereocenters. The van der Waals surface area contributed by atoms with Crippen LogP contribution in [0.5, 0.6) is 11.5 Å². The molecule has 0 aliphatic heterocycles. The van der Waals surface area contributed by atoms with E-state index in [-0.39, 0.29) is 17.4 Å². The van der Waals surface area contributed by atoms with Gasteiger partial charge >= 0.3 is 0 Å². The molecule has 2 aromatic carbocycles. The summed E-state index contributed by atoms with van der Waals surface area (Å²) in [4.78, 5) is 0. The predicted molar refractivity (Wildman–Crippen MR) is 112 cm³/mol. The molecule has 142 valence electrons. The van der Waals surface area contributed by atoms with Crippen LogP contribution in [0.4, 0.5) is 0 Å². The summed E-state index contributed by atoms with van der Waals surface area (Å²) in [6.45, 7) is 8.40. The third kappa shape index (κ3) is 4.82. The van der Waals surface area contributed by atoms with Gasteiger partial charge in [-0.15, -0.1) is 0 Å². The second-order valence-electron chi connectivity index (χ2n) is 7.97. The van der Waals surface area contributed by atoms with Crippen molar-refractivity contribution in [1.29, 1.82) is 0 Å². The van der Waals surface area contributed by atoms with E-state index in [1.54, 1.807) is 0 Å². The molecule has 0 saturated heterocycles. The summed E-state index contributed by atoms with van der Waals surface area (Å²) in [5.41, 5.74) is 5.44. The Balaban J connectivity index is 1.76. The average molecular weight is 363 g/mol. The topological polar surface area (TPSA) is 40.5 Å². The minimum Gasteiger partial charge on any atom is -0.508 e. The molecule has 0 bridgehead atoms. The predicted octanol–water partition coefficient (Wildman–Crippen LogP) is 5.97. The van der Waals surface area contributed by atoms with E-state index in [0.29, 0.717) is 17.9 Å². The Morgan fingerprint density at radius 2 is 1.67 bits per heavy atom. The molecule has 2 nitrogen and oxygen atoms in total. The molecule has 0 fully saturated rings. The maximum absolute atomic E-state index is 10.6. The van der Waals surface area contributed by atoms with Gasteiger partial charge in [0.05, 0.1) is 0 Å². The maximum Gasteiger partial charge on any atom is 0.122 e. The minimum absolute atomic E-state index is 0.204. The van der Waals surface area contributed by atoms with Crippen LogP contribution < -0.4 is 0 Å². The van der Waals surface area contributed by atoms with Crippen molar-refractivity contribution in [1.82, 2.24) is 0 Å². The van der Waals surface area contributed by atoms with Crippen molar-refractivity contribution >= 4 is 0 Å². The fourth-order valence-corrected chi connectivity index (χ4v) is 4.20. The molecular weight excluding hydrogens is 332 g/mol. The normalized spacial score (nSPS) is 19.6. The highest BCUT2D eigenvalue weighted by molar-refractivity contribution is 5.47. The second kappa shape index (κ2) is 8.47. The van der Waals surface area contributed by atoms with Gasteiger partial charge in [0.15, 0.2) is 0 Å². The third-order valence-electron chi connectivity index (χ3n) is 5.75. The fraction of sp³-hybridized carbons (Fsp3) is 0.360. The third-order valence-corrected chi connectivity index (χ3v) is 5.75. The highest BCUT2D eigenvalue weighted by Crippen LogP contribution is 2.39. The Hall–Kier alpha value is -2.48. The first-order valence-electron chi connectivity index (χ1n) is 9.84. The molecule has 1 aliphatic rings. The molecule has 0 radical (unpaired) electrons. The minimum atomic E-state index is 0.204. The lowest BCUT2D eigenvalue weighted by Crippen LogP contribution is -2.20. The number of allylic oxidation sites excluding steroid dienone is 3. The van der Waals surface area contributed by atoms with Gasteiger partial charge in [-0.1, -0.05) is 54.1 Å².